The molecule has 0 amide bonds. The van der Waals surface area contributed by atoms with Gasteiger partial charge in [-0.25, -0.2) is 4.98 Å². The van der Waals surface area contributed by atoms with Crippen molar-refractivity contribution in [3.63, 3.8) is 0 Å². The van der Waals surface area contributed by atoms with Gasteiger partial charge in [-0.2, -0.15) is 0 Å². The van der Waals surface area contributed by atoms with E-state index in [0.29, 0.717) is 5.92 Å². The van der Waals surface area contributed by atoms with Crippen LogP contribution in [0.1, 0.15) is 36.7 Å². The van der Waals surface area contributed by atoms with Crippen LogP contribution in [0.25, 0.3) is 16.8 Å². The molecular formula is C16H19N3O2. The Morgan fingerprint density at radius 3 is 2.71 bits per heavy atom. The lowest BCUT2D eigenvalue weighted by Gasteiger charge is -2.05. The normalized spacial score (nSPS) is 11.9. The van der Waals surface area contributed by atoms with Crippen molar-refractivity contribution >= 4 is 22.8 Å². The number of benzene rings is 1. The number of imidazole rings is 2. The summed E-state index contributed by atoms with van der Waals surface area (Å²) in [4.78, 5) is 15.8. The van der Waals surface area contributed by atoms with E-state index in [9.17, 15) is 4.79 Å². The second-order valence-electron chi connectivity index (χ2n) is 5.81. The van der Waals surface area contributed by atoms with E-state index in [-0.39, 0.29) is 6.42 Å². The van der Waals surface area contributed by atoms with E-state index in [4.69, 9.17) is 5.11 Å². The summed E-state index contributed by atoms with van der Waals surface area (Å²) in [5, 5.41) is 9.14. The summed E-state index contributed by atoms with van der Waals surface area (Å²) in [6, 6.07) is 6.22. The molecule has 0 aliphatic heterocycles. The van der Waals surface area contributed by atoms with Crippen molar-refractivity contribution < 1.29 is 9.90 Å². The van der Waals surface area contributed by atoms with Crippen LogP contribution in [0.2, 0.25) is 0 Å². The SMILES string of the molecule is Cc1c(CC(=O)O)n2c3ccc(C(C)C)cc3nc2n1C. The minimum Gasteiger partial charge on any atom is -0.481 e. The Labute approximate surface area is 122 Å². The average Bonchev–Trinajstić information content (AvgIpc) is 2.89. The van der Waals surface area contributed by atoms with Gasteiger partial charge in [-0.1, -0.05) is 19.9 Å². The van der Waals surface area contributed by atoms with Crippen molar-refractivity contribution in [1.29, 1.82) is 0 Å². The quantitative estimate of drug-likeness (QED) is 0.805. The molecule has 3 aromatic rings. The molecule has 3 rings (SSSR count). The Bertz CT molecular complexity index is 856. The number of nitrogens with zero attached hydrogens (tertiary/aromatic N) is 3. The molecule has 0 radical (unpaired) electrons. The highest BCUT2D eigenvalue weighted by atomic mass is 16.4. The van der Waals surface area contributed by atoms with E-state index in [2.05, 4.69) is 31.0 Å². The van der Waals surface area contributed by atoms with Gasteiger partial charge in [0.2, 0.25) is 5.78 Å². The monoisotopic (exact) mass is 285 g/mol. The largest absolute Gasteiger partial charge is 0.481 e. The number of rotatable bonds is 3. The number of hydrogen-bond acceptors (Lipinski definition) is 2. The van der Waals surface area contributed by atoms with Crippen LogP contribution in [0.4, 0.5) is 0 Å². The number of aliphatic carboxylic acids is 1. The first-order valence-electron chi connectivity index (χ1n) is 7.08. The predicted octanol–water partition coefficient (Wildman–Crippen LogP) is 2.88. The van der Waals surface area contributed by atoms with Crippen LogP contribution in [0, 0.1) is 6.92 Å². The van der Waals surface area contributed by atoms with Crippen LogP contribution >= 0.6 is 0 Å². The fourth-order valence-corrected chi connectivity index (χ4v) is 2.79. The summed E-state index contributed by atoms with van der Waals surface area (Å²) in [5.41, 5.74) is 4.85. The van der Waals surface area contributed by atoms with Crippen LogP contribution in [0.15, 0.2) is 18.2 Å². The minimum absolute atomic E-state index is 0.000561. The average molecular weight is 285 g/mol. The molecule has 5 heteroatoms. The summed E-state index contributed by atoms with van der Waals surface area (Å²) in [5.74, 6) is 0.408. The first-order valence-corrected chi connectivity index (χ1v) is 7.08. The van der Waals surface area contributed by atoms with Crippen LogP contribution in [-0.2, 0) is 18.3 Å². The summed E-state index contributed by atoms with van der Waals surface area (Å²) < 4.78 is 3.91. The van der Waals surface area contributed by atoms with Gasteiger partial charge >= 0.3 is 5.97 Å². The lowest BCUT2D eigenvalue weighted by Crippen LogP contribution is -2.05. The van der Waals surface area contributed by atoms with Gasteiger partial charge in [0.1, 0.15) is 0 Å². The zero-order chi connectivity index (χ0) is 15.3. The molecule has 1 N–H and O–H groups in total. The van der Waals surface area contributed by atoms with Crippen LogP contribution in [0.5, 0.6) is 0 Å². The first kappa shape index (κ1) is 13.7. The maximum absolute atomic E-state index is 11.1. The van der Waals surface area contributed by atoms with Gasteiger partial charge in [-0.15, -0.1) is 0 Å². The number of aromatic nitrogens is 3. The zero-order valence-corrected chi connectivity index (χ0v) is 12.7. The fraction of sp³-hybridized carbons (Fsp3) is 0.375. The van der Waals surface area contributed by atoms with E-state index >= 15 is 0 Å². The molecule has 5 nitrogen and oxygen atoms in total. The van der Waals surface area contributed by atoms with Crippen LogP contribution in [-0.4, -0.2) is 25.0 Å². The summed E-state index contributed by atoms with van der Waals surface area (Å²) >= 11 is 0. The number of aryl methyl sites for hydroxylation is 1. The highest BCUT2D eigenvalue weighted by molar-refractivity contribution is 5.82. The molecule has 0 spiro atoms. The molecule has 0 atom stereocenters. The lowest BCUT2D eigenvalue weighted by atomic mass is 10.0. The highest BCUT2D eigenvalue weighted by Crippen LogP contribution is 2.26. The second kappa shape index (κ2) is 4.62. The molecule has 0 saturated heterocycles. The molecule has 0 saturated carbocycles. The molecular weight excluding hydrogens is 266 g/mol. The number of carboxylic acids is 1. The van der Waals surface area contributed by atoms with Crippen molar-refractivity contribution in [3.05, 3.63) is 35.2 Å². The number of hydrogen-bond donors (Lipinski definition) is 1. The number of carboxylic acid groups (broad SMARTS) is 1. The van der Waals surface area contributed by atoms with E-state index in [1.54, 1.807) is 0 Å². The number of carbonyl (C=O) groups is 1. The Balaban J connectivity index is 2.34. The van der Waals surface area contributed by atoms with E-state index in [1.807, 2.05) is 29.0 Å². The summed E-state index contributed by atoms with van der Waals surface area (Å²) in [6.07, 6.45) is 0.000561. The van der Waals surface area contributed by atoms with Crippen LogP contribution in [0.3, 0.4) is 0 Å². The van der Waals surface area contributed by atoms with Gasteiger partial charge in [-0.05, 0) is 30.5 Å². The van der Waals surface area contributed by atoms with Crippen molar-refractivity contribution in [2.24, 2.45) is 7.05 Å². The van der Waals surface area contributed by atoms with Gasteiger partial charge in [0.05, 0.1) is 23.1 Å². The molecule has 1 aromatic carbocycles. The van der Waals surface area contributed by atoms with Gasteiger partial charge in [0.25, 0.3) is 0 Å². The Morgan fingerprint density at radius 1 is 1.38 bits per heavy atom. The fourth-order valence-electron chi connectivity index (χ4n) is 2.79. The zero-order valence-electron chi connectivity index (χ0n) is 12.7. The third kappa shape index (κ3) is 2.00. The Kier molecular flexibility index (Phi) is 3.01. The maximum Gasteiger partial charge on any atom is 0.309 e. The molecule has 110 valence electrons. The van der Waals surface area contributed by atoms with Gasteiger partial charge in [-0.3, -0.25) is 9.20 Å². The second-order valence-corrected chi connectivity index (χ2v) is 5.81. The molecule has 0 aliphatic rings. The van der Waals surface area contributed by atoms with Gasteiger partial charge < -0.3 is 9.67 Å². The van der Waals surface area contributed by atoms with Crippen molar-refractivity contribution in [2.45, 2.75) is 33.1 Å². The molecule has 2 aromatic heterocycles. The summed E-state index contributed by atoms with van der Waals surface area (Å²) in [7, 11) is 1.92. The van der Waals surface area contributed by atoms with Crippen molar-refractivity contribution in [3.8, 4) is 0 Å². The van der Waals surface area contributed by atoms with E-state index in [0.717, 1.165) is 28.2 Å². The Morgan fingerprint density at radius 2 is 2.10 bits per heavy atom. The standard InChI is InChI=1S/C16H19N3O2/c1-9(2)11-5-6-13-12(7-11)17-16-18(4)10(3)14(19(13)16)8-15(20)21/h5-7,9H,8H2,1-4H3,(H,20,21). The topological polar surface area (TPSA) is 59.5 Å². The predicted molar refractivity (Wildman–Crippen MR) is 81.8 cm³/mol. The number of fused-ring (bicyclic) bond motifs is 3. The Hall–Kier alpha value is -2.30. The smallest absolute Gasteiger partial charge is 0.309 e. The molecule has 0 aliphatic carbocycles. The van der Waals surface area contributed by atoms with Gasteiger partial charge in [0.15, 0.2) is 0 Å². The molecule has 2 heterocycles. The first-order chi connectivity index (χ1) is 9.90. The van der Waals surface area contributed by atoms with Crippen molar-refractivity contribution in [1.82, 2.24) is 14.0 Å². The molecule has 0 bridgehead atoms. The maximum atomic E-state index is 11.1. The third-order valence-corrected chi connectivity index (χ3v) is 4.14. The lowest BCUT2D eigenvalue weighted by molar-refractivity contribution is -0.136. The van der Waals surface area contributed by atoms with Gasteiger partial charge in [0, 0.05) is 12.7 Å². The molecule has 0 fully saturated rings. The molecule has 0 unspecified atom stereocenters. The van der Waals surface area contributed by atoms with Crippen LogP contribution < -0.4 is 0 Å². The van der Waals surface area contributed by atoms with E-state index < -0.39 is 5.97 Å². The van der Waals surface area contributed by atoms with E-state index in [1.165, 1.54) is 5.56 Å². The van der Waals surface area contributed by atoms with Crippen molar-refractivity contribution in [2.75, 3.05) is 0 Å². The molecule has 21 heavy (non-hydrogen) atoms. The minimum atomic E-state index is -0.828. The third-order valence-electron chi connectivity index (χ3n) is 4.14. The highest BCUT2D eigenvalue weighted by Gasteiger charge is 2.19. The summed E-state index contributed by atoms with van der Waals surface area (Å²) in [6.45, 7) is 6.23.